The molecule has 8 nitrogen and oxygen atoms in total. The third-order valence-electron chi connectivity index (χ3n) is 3.87. The number of benzene rings is 2. The van der Waals surface area contributed by atoms with Gasteiger partial charge >= 0.3 is 5.97 Å². The van der Waals surface area contributed by atoms with Crippen LogP contribution >= 0.6 is 0 Å². The van der Waals surface area contributed by atoms with Crippen molar-refractivity contribution in [3.63, 3.8) is 0 Å². The monoisotopic (exact) mass is 376 g/mol. The molecule has 1 atom stereocenters. The average molecular weight is 376 g/mol. The Kier molecular flexibility index (Phi) is 5.67. The predicted molar refractivity (Wildman–Crippen MR) is 99.0 cm³/mol. The Balaban J connectivity index is 1.73. The van der Waals surface area contributed by atoms with Gasteiger partial charge in [0.2, 0.25) is 0 Å². The van der Waals surface area contributed by atoms with Crippen LogP contribution in [0.2, 0.25) is 0 Å². The summed E-state index contributed by atoms with van der Waals surface area (Å²) in [5.41, 5.74) is 6.76. The van der Waals surface area contributed by atoms with Crippen LogP contribution in [0, 0.1) is 11.3 Å². The first kappa shape index (κ1) is 18.7. The van der Waals surface area contributed by atoms with Crippen LogP contribution in [-0.4, -0.2) is 23.5 Å². The summed E-state index contributed by atoms with van der Waals surface area (Å²) in [6.45, 7) is -0.112. The molecule has 28 heavy (non-hydrogen) atoms. The number of nitrogen functional groups attached to an aromatic ring is 1. The molecule has 0 aliphatic carbocycles. The van der Waals surface area contributed by atoms with Gasteiger partial charge in [0.15, 0.2) is 5.69 Å². The standard InChI is InChI=1S/C20H16N4O4/c21-10-13-5-4-8-15(9-13)19(26)27-11-16(14-6-2-1-3-7-14)23-18(25)17-12-28-20(22)24-17/h1-9,12,16H,11H2,(H2,22,24)(H,23,25)/t16-/m0/s1. The average Bonchev–Trinajstić information content (AvgIpc) is 3.18. The van der Waals surface area contributed by atoms with E-state index < -0.39 is 17.9 Å². The maximum Gasteiger partial charge on any atom is 0.338 e. The van der Waals surface area contributed by atoms with E-state index in [4.69, 9.17) is 20.1 Å². The SMILES string of the molecule is N#Cc1cccc(C(=O)OC[C@H](NC(=O)c2coc(N)n2)c2ccccc2)c1. The van der Waals surface area contributed by atoms with Crippen molar-refractivity contribution in [2.24, 2.45) is 0 Å². The zero-order chi connectivity index (χ0) is 19.9. The van der Waals surface area contributed by atoms with E-state index in [-0.39, 0.29) is 23.9 Å². The molecular formula is C20H16N4O4. The van der Waals surface area contributed by atoms with Crippen LogP contribution in [0.15, 0.2) is 65.3 Å². The lowest BCUT2D eigenvalue weighted by molar-refractivity contribution is 0.0455. The van der Waals surface area contributed by atoms with Crippen LogP contribution < -0.4 is 11.1 Å². The summed E-state index contributed by atoms with van der Waals surface area (Å²) in [5, 5.41) is 11.7. The van der Waals surface area contributed by atoms with Gasteiger partial charge in [0.1, 0.15) is 12.9 Å². The van der Waals surface area contributed by atoms with Gasteiger partial charge < -0.3 is 20.2 Å². The number of carbonyl (C=O) groups is 2. The van der Waals surface area contributed by atoms with E-state index in [9.17, 15) is 9.59 Å². The molecule has 0 spiro atoms. The number of nitrogens with zero attached hydrogens (tertiary/aromatic N) is 2. The summed E-state index contributed by atoms with van der Waals surface area (Å²) in [7, 11) is 0. The maximum atomic E-state index is 12.4. The molecule has 3 aromatic rings. The molecule has 0 fully saturated rings. The minimum Gasteiger partial charge on any atom is -0.460 e. The van der Waals surface area contributed by atoms with Crippen LogP contribution in [0.4, 0.5) is 6.01 Å². The third-order valence-corrected chi connectivity index (χ3v) is 3.87. The van der Waals surface area contributed by atoms with E-state index in [0.29, 0.717) is 5.56 Å². The Bertz CT molecular complexity index is 1020. The van der Waals surface area contributed by atoms with Crippen molar-refractivity contribution in [3.05, 3.63) is 83.2 Å². The molecule has 0 unspecified atom stereocenters. The number of aromatic nitrogens is 1. The number of nitriles is 1. The maximum absolute atomic E-state index is 12.4. The quantitative estimate of drug-likeness (QED) is 0.632. The third kappa shape index (κ3) is 4.53. The van der Waals surface area contributed by atoms with Gasteiger partial charge in [-0.3, -0.25) is 4.79 Å². The van der Waals surface area contributed by atoms with Crippen molar-refractivity contribution in [1.29, 1.82) is 5.26 Å². The smallest absolute Gasteiger partial charge is 0.338 e. The molecule has 8 heteroatoms. The Morgan fingerprint density at radius 2 is 2.00 bits per heavy atom. The summed E-state index contributed by atoms with van der Waals surface area (Å²) in [4.78, 5) is 28.5. The van der Waals surface area contributed by atoms with Gasteiger partial charge in [-0.1, -0.05) is 36.4 Å². The second-order valence-electron chi connectivity index (χ2n) is 5.80. The topological polar surface area (TPSA) is 131 Å². The van der Waals surface area contributed by atoms with Gasteiger partial charge in [-0.15, -0.1) is 0 Å². The number of esters is 1. The number of anilines is 1. The number of nitrogens with two attached hydrogens (primary N) is 1. The van der Waals surface area contributed by atoms with Crippen LogP contribution in [0.1, 0.15) is 38.0 Å². The Labute approximate surface area is 160 Å². The highest BCUT2D eigenvalue weighted by Crippen LogP contribution is 2.16. The number of carbonyl (C=O) groups excluding carboxylic acids is 2. The highest BCUT2D eigenvalue weighted by Gasteiger charge is 2.20. The van der Waals surface area contributed by atoms with Crippen LogP contribution in [0.3, 0.4) is 0 Å². The number of ether oxygens (including phenoxy) is 1. The lowest BCUT2D eigenvalue weighted by Crippen LogP contribution is -2.32. The fraction of sp³-hybridized carbons (Fsp3) is 0.100. The highest BCUT2D eigenvalue weighted by atomic mass is 16.5. The van der Waals surface area contributed by atoms with Gasteiger partial charge in [0, 0.05) is 0 Å². The molecule has 1 aromatic heterocycles. The van der Waals surface area contributed by atoms with Crippen molar-refractivity contribution in [3.8, 4) is 6.07 Å². The van der Waals surface area contributed by atoms with Crippen molar-refractivity contribution in [1.82, 2.24) is 10.3 Å². The van der Waals surface area contributed by atoms with Crippen molar-refractivity contribution < 1.29 is 18.7 Å². The molecule has 0 aliphatic rings. The molecule has 0 saturated heterocycles. The molecule has 0 saturated carbocycles. The number of oxazole rings is 1. The molecular weight excluding hydrogens is 360 g/mol. The molecule has 0 bridgehead atoms. The first-order valence-electron chi connectivity index (χ1n) is 8.31. The minimum atomic E-state index is -0.616. The molecule has 0 aliphatic heterocycles. The largest absolute Gasteiger partial charge is 0.460 e. The summed E-state index contributed by atoms with van der Waals surface area (Å²) < 4.78 is 10.2. The summed E-state index contributed by atoms with van der Waals surface area (Å²) in [6, 6.07) is 16.5. The van der Waals surface area contributed by atoms with E-state index >= 15 is 0 Å². The Hall–Kier alpha value is -4.12. The Morgan fingerprint density at radius 1 is 1.21 bits per heavy atom. The van der Waals surface area contributed by atoms with E-state index in [2.05, 4.69) is 10.3 Å². The lowest BCUT2D eigenvalue weighted by atomic mass is 10.1. The first-order valence-corrected chi connectivity index (χ1v) is 8.31. The van der Waals surface area contributed by atoms with Gasteiger partial charge in [0.25, 0.3) is 11.9 Å². The number of rotatable bonds is 6. The Morgan fingerprint density at radius 3 is 2.68 bits per heavy atom. The van der Waals surface area contributed by atoms with E-state index in [1.165, 1.54) is 6.07 Å². The fourth-order valence-electron chi connectivity index (χ4n) is 2.49. The molecule has 3 rings (SSSR count). The zero-order valence-electron chi connectivity index (χ0n) is 14.7. The molecule has 1 amide bonds. The number of amides is 1. The zero-order valence-corrected chi connectivity index (χ0v) is 14.7. The summed E-state index contributed by atoms with van der Waals surface area (Å²) >= 11 is 0. The highest BCUT2D eigenvalue weighted by molar-refractivity contribution is 5.92. The summed E-state index contributed by atoms with van der Waals surface area (Å²) in [5.74, 6) is -1.12. The number of nitrogens with one attached hydrogen (secondary N) is 1. The molecule has 1 heterocycles. The fourth-order valence-corrected chi connectivity index (χ4v) is 2.49. The molecule has 0 radical (unpaired) electrons. The molecule has 2 aromatic carbocycles. The number of hydrogen-bond acceptors (Lipinski definition) is 7. The van der Waals surface area contributed by atoms with Gasteiger partial charge in [0.05, 0.1) is 23.2 Å². The van der Waals surface area contributed by atoms with E-state index in [1.54, 1.807) is 42.5 Å². The van der Waals surface area contributed by atoms with Gasteiger partial charge in [-0.2, -0.15) is 10.2 Å². The van der Waals surface area contributed by atoms with Crippen molar-refractivity contribution in [2.45, 2.75) is 6.04 Å². The van der Waals surface area contributed by atoms with Crippen molar-refractivity contribution >= 4 is 17.9 Å². The molecule has 140 valence electrons. The van der Waals surface area contributed by atoms with E-state index in [1.807, 2.05) is 12.1 Å². The number of hydrogen-bond donors (Lipinski definition) is 2. The van der Waals surface area contributed by atoms with Gasteiger partial charge in [-0.25, -0.2) is 4.79 Å². The second kappa shape index (κ2) is 8.51. The van der Waals surface area contributed by atoms with Crippen LogP contribution in [-0.2, 0) is 4.74 Å². The second-order valence-corrected chi connectivity index (χ2v) is 5.80. The van der Waals surface area contributed by atoms with Crippen LogP contribution in [0.5, 0.6) is 0 Å². The summed E-state index contributed by atoms with van der Waals surface area (Å²) in [6.07, 6.45) is 1.14. The predicted octanol–water partition coefficient (Wildman–Crippen LogP) is 2.46. The van der Waals surface area contributed by atoms with Gasteiger partial charge in [-0.05, 0) is 23.8 Å². The van der Waals surface area contributed by atoms with Crippen molar-refractivity contribution in [2.75, 3.05) is 12.3 Å². The van der Waals surface area contributed by atoms with Crippen LogP contribution in [0.25, 0.3) is 0 Å². The molecule has 3 N–H and O–H groups in total. The van der Waals surface area contributed by atoms with E-state index in [0.717, 1.165) is 11.8 Å². The normalized spacial score (nSPS) is 11.2. The first-order chi connectivity index (χ1) is 13.6. The lowest BCUT2D eigenvalue weighted by Gasteiger charge is -2.18. The minimum absolute atomic E-state index is 0.0199.